The standard InChI is InChI=1S/C29H34ClN5O2S/c1-7-18(4)21(11-10-20(8-2)9-3)12-13-27-34-35-29(38-27)33-28(36)24-16-31-19(5)14-22(24)23-15-26(30)32-17-25(23)37-6/h8,10-11,14-17H,7,9,12-13H2,1-6H3,(H,33,35,36)/b11-10-,20-8-,21-18+. The predicted molar refractivity (Wildman–Crippen MR) is 156 cm³/mol. The lowest BCUT2D eigenvalue weighted by atomic mass is 10.0. The molecule has 0 atom stereocenters. The van der Waals surface area contributed by atoms with Crippen molar-refractivity contribution < 1.29 is 9.53 Å². The van der Waals surface area contributed by atoms with Crippen molar-refractivity contribution in [3.63, 3.8) is 0 Å². The van der Waals surface area contributed by atoms with Crippen molar-refractivity contribution in [2.75, 3.05) is 12.4 Å². The van der Waals surface area contributed by atoms with Crippen molar-refractivity contribution in [2.24, 2.45) is 0 Å². The van der Waals surface area contributed by atoms with Gasteiger partial charge in [-0.05, 0) is 57.7 Å². The molecule has 7 nitrogen and oxygen atoms in total. The van der Waals surface area contributed by atoms with Crippen LogP contribution in [0, 0.1) is 6.92 Å². The number of aromatic nitrogens is 4. The summed E-state index contributed by atoms with van der Waals surface area (Å²) < 4.78 is 5.46. The monoisotopic (exact) mass is 551 g/mol. The molecule has 0 aliphatic carbocycles. The van der Waals surface area contributed by atoms with Gasteiger partial charge in [0, 0.05) is 29.4 Å². The molecule has 0 bridgehead atoms. The number of nitrogens with one attached hydrogen (secondary N) is 1. The van der Waals surface area contributed by atoms with E-state index in [2.05, 4.69) is 71.4 Å². The molecule has 3 rings (SSSR count). The molecule has 1 amide bonds. The van der Waals surface area contributed by atoms with E-state index in [1.165, 1.54) is 34.3 Å². The van der Waals surface area contributed by atoms with Crippen LogP contribution in [-0.4, -0.2) is 33.2 Å². The summed E-state index contributed by atoms with van der Waals surface area (Å²) in [5.41, 5.74) is 6.40. The summed E-state index contributed by atoms with van der Waals surface area (Å²) in [6.07, 6.45) is 13.2. The Morgan fingerprint density at radius 2 is 1.89 bits per heavy atom. The van der Waals surface area contributed by atoms with Crippen molar-refractivity contribution in [3.8, 4) is 16.9 Å². The van der Waals surface area contributed by atoms with E-state index in [1.54, 1.807) is 19.4 Å². The Kier molecular flexibility index (Phi) is 10.7. The lowest BCUT2D eigenvalue weighted by molar-refractivity contribution is 0.102. The average Bonchev–Trinajstić information content (AvgIpc) is 3.37. The molecule has 9 heteroatoms. The molecule has 3 aromatic heterocycles. The second-order valence-electron chi connectivity index (χ2n) is 8.74. The number of halogens is 1. The fraction of sp³-hybridized carbons (Fsp3) is 0.345. The van der Waals surface area contributed by atoms with Crippen LogP contribution in [-0.2, 0) is 6.42 Å². The van der Waals surface area contributed by atoms with Gasteiger partial charge in [0.15, 0.2) is 0 Å². The fourth-order valence-electron chi connectivity index (χ4n) is 3.86. The van der Waals surface area contributed by atoms with E-state index in [4.69, 9.17) is 16.3 Å². The summed E-state index contributed by atoms with van der Waals surface area (Å²) >= 11 is 7.53. The van der Waals surface area contributed by atoms with E-state index < -0.39 is 0 Å². The van der Waals surface area contributed by atoms with E-state index in [1.807, 2.05) is 13.0 Å². The first kappa shape index (κ1) is 29.2. The zero-order valence-electron chi connectivity index (χ0n) is 22.8. The van der Waals surface area contributed by atoms with E-state index in [0.29, 0.717) is 32.7 Å². The van der Waals surface area contributed by atoms with Crippen LogP contribution in [0.1, 0.15) is 68.0 Å². The lowest BCUT2D eigenvalue weighted by Gasteiger charge is -2.13. The molecule has 0 fully saturated rings. The number of rotatable bonds is 11. The maximum Gasteiger partial charge on any atom is 0.259 e. The molecule has 0 unspecified atom stereocenters. The molecule has 0 saturated carbocycles. The third-order valence-electron chi connectivity index (χ3n) is 6.28. The zero-order valence-corrected chi connectivity index (χ0v) is 24.3. The first-order valence-corrected chi connectivity index (χ1v) is 13.8. The normalized spacial score (nSPS) is 12.6. The second kappa shape index (κ2) is 14.0. The molecule has 0 aliphatic heterocycles. The van der Waals surface area contributed by atoms with Crippen molar-refractivity contribution in [1.82, 2.24) is 20.2 Å². The van der Waals surface area contributed by atoms with Crippen molar-refractivity contribution in [3.05, 3.63) is 80.9 Å². The van der Waals surface area contributed by atoms with Crippen LogP contribution in [0.15, 0.2) is 59.5 Å². The highest BCUT2D eigenvalue weighted by Gasteiger charge is 2.19. The third-order valence-corrected chi connectivity index (χ3v) is 7.39. The highest BCUT2D eigenvalue weighted by Crippen LogP contribution is 2.34. The molecular formula is C29H34ClN5O2S. The Labute approximate surface area is 233 Å². The molecule has 1 N–H and O–H groups in total. The second-order valence-corrected chi connectivity index (χ2v) is 10.2. The molecule has 38 heavy (non-hydrogen) atoms. The molecular weight excluding hydrogens is 518 g/mol. The van der Waals surface area contributed by atoms with E-state index in [-0.39, 0.29) is 5.91 Å². The first-order valence-electron chi connectivity index (χ1n) is 12.6. The Morgan fingerprint density at radius 3 is 2.58 bits per heavy atom. The van der Waals surface area contributed by atoms with Gasteiger partial charge in [0.05, 0.1) is 18.9 Å². The molecule has 200 valence electrons. The number of hydrogen-bond acceptors (Lipinski definition) is 7. The van der Waals surface area contributed by atoms with Gasteiger partial charge >= 0.3 is 0 Å². The largest absolute Gasteiger partial charge is 0.494 e. The fourth-order valence-corrected chi connectivity index (χ4v) is 4.75. The van der Waals surface area contributed by atoms with Gasteiger partial charge in [0.1, 0.15) is 15.9 Å². The molecule has 0 aliphatic rings. The summed E-state index contributed by atoms with van der Waals surface area (Å²) in [4.78, 5) is 21.7. The summed E-state index contributed by atoms with van der Waals surface area (Å²) in [5.74, 6) is 0.169. The van der Waals surface area contributed by atoms with Gasteiger partial charge in [-0.25, -0.2) is 4.98 Å². The van der Waals surface area contributed by atoms with Crippen molar-refractivity contribution >= 4 is 34.0 Å². The number of hydrogen-bond donors (Lipinski definition) is 1. The molecule has 3 heterocycles. The topological polar surface area (TPSA) is 89.9 Å². The Bertz CT molecular complexity index is 1380. The van der Waals surface area contributed by atoms with Crippen LogP contribution >= 0.6 is 22.9 Å². The molecule has 0 spiro atoms. The number of anilines is 1. The van der Waals surface area contributed by atoms with Crippen LogP contribution in [0.3, 0.4) is 0 Å². The zero-order chi connectivity index (χ0) is 27.7. The minimum absolute atomic E-state index is 0.300. The van der Waals surface area contributed by atoms with E-state index in [9.17, 15) is 4.79 Å². The van der Waals surface area contributed by atoms with Crippen LogP contribution < -0.4 is 10.1 Å². The number of methoxy groups -OCH3 is 1. The minimum Gasteiger partial charge on any atom is -0.494 e. The Hall–Kier alpha value is -3.36. The van der Waals surface area contributed by atoms with Crippen molar-refractivity contribution in [2.45, 2.75) is 60.3 Å². The van der Waals surface area contributed by atoms with Crippen LogP contribution in [0.4, 0.5) is 5.13 Å². The average molecular weight is 552 g/mol. The van der Waals surface area contributed by atoms with Gasteiger partial charge in [-0.15, -0.1) is 10.2 Å². The summed E-state index contributed by atoms with van der Waals surface area (Å²) in [6, 6.07) is 3.50. The van der Waals surface area contributed by atoms with Crippen LogP contribution in [0.5, 0.6) is 5.75 Å². The van der Waals surface area contributed by atoms with Crippen LogP contribution in [0.2, 0.25) is 5.15 Å². The van der Waals surface area contributed by atoms with Gasteiger partial charge in [-0.3, -0.25) is 15.1 Å². The summed E-state index contributed by atoms with van der Waals surface area (Å²) in [5, 5.41) is 13.0. The van der Waals surface area contributed by atoms with Gasteiger partial charge in [0.2, 0.25) is 5.13 Å². The van der Waals surface area contributed by atoms with Crippen molar-refractivity contribution in [1.29, 1.82) is 0 Å². The van der Waals surface area contributed by atoms with E-state index >= 15 is 0 Å². The smallest absolute Gasteiger partial charge is 0.259 e. The number of carbonyl (C=O) groups excluding carboxylic acids is 1. The maximum absolute atomic E-state index is 13.3. The lowest BCUT2D eigenvalue weighted by Crippen LogP contribution is -2.14. The minimum atomic E-state index is -0.339. The number of pyridine rings is 2. The maximum atomic E-state index is 13.3. The summed E-state index contributed by atoms with van der Waals surface area (Å²) in [7, 11) is 1.55. The number of aryl methyl sites for hydroxylation is 2. The quantitative estimate of drug-likeness (QED) is 0.193. The highest BCUT2D eigenvalue weighted by atomic mass is 35.5. The van der Waals surface area contributed by atoms with Gasteiger partial charge in [-0.2, -0.15) is 0 Å². The first-order chi connectivity index (χ1) is 18.3. The van der Waals surface area contributed by atoms with Crippen LogP contribution in [0.25, 0.3) is 11.1 Å². The number of nitrogens with zero attached hydrogens (tertiary/aromatic N) is 4. The molecule has 3 aromatic rings. The SMILES string of the molecule is C\C=C(/C=C\C(CCc1nnc(NC(=O)c2cnc(C)cc2-c2cc(Cl)ncc2OC)s1)=C(\C)CC)CC. The molecule has 0 saturated heterocycles. The van der Waals surface area contributed by atoms with Gasteiger partial charge < -0.3 is 4.74 Å². The van der Waals surface area contributed by atoms with E-state index in [0.717, 1.165) is 36.4 Å². The van der Waals surface area contributed by atoms with Gasteiger partial charge in [-0.1, -0.05) is 66.2 Å². The predicted octanol–water partition coefficient (Wildman–Crippen LogP) is 7.79. The highest BCUT2D eigenvalue weighted by molar-refractivity contribution is 7.15. The number of allylic oxidation sites excluding steroid dienone is 6. The third kappa shape index (κ3) is 7.58. The van der Waals surface area contributed by atoms with Gasteiger partial charge in [0.25, 0.3) is 5.91 Å². The Balaban J connectivity index is 1.78. The number of ether oxygens (including phenoxy) is 1. The Morgan fingerprint density at radius 1 is 1.11 bits per heavy atom. The molecule has 0 aromatic carbocycles. The number of carbonyl (C=O) groups is 1. The number of amides is 1. The summed E-state index contributed by atoms with van der Waals surface area (Å²) in [6.45, 7) is 10.4. The molecule has 0 radical (unpaired) electrons.